The van der Waals surface area contributed by atoms with Gasteiger partial charge < -0.3 is 10.1 Å². The fraction of sp³-hybridized carbons (Fsp3) is 0.333. The van der Waals surface area contributed by atoms with Gasteiger partial charge in [0.15, 0.2) is 0 Å². The molecule has 0 bridgehead atoms. The molecule has 154 valence electrons. The molecule has 1 heterocycles. The molecule has 0 spiro atoms. The standard InChI is InChI=1S/C21H25FN4O3/c1-29-17-8-6-16(7-9-17)14-25-10-12-26(13-11-25)15-20(27)24-21(28)23-19-5-3-2-4-18(19)22/h2-9H,10-15H2,1H3,(H2,23,24,27,28). The number of benzene rings is 2. The summed E-state index contributed by atoms with van der Waals surface area (Å²) in [5, 5.41) is 4.58. The van der Waals surface area contributed by atoms with E-state index >= 15 is 0 Å². The number of methoxy groups -OCH3 is 1. The Balaban J connectivity index is 1.39. The molecule has 2 aromatic rings. The number of para-hydroxylation sites is 1. The quantitative estimate of drug-likeness (QED) is 0.779. The average molecular weight is 400 g/mol. The molecular weight excluding hydrogens is 375 g/mol. The monoisotopic (exact) mass is 400 g/mol. The number of hydrogen-bond acceptors (Lipinski definition) is 5. The fourth-order valence-corrected chi connectivity index (χ4v) is 3.18. The van der Waals surface area contributed by atoms with Crippen LogP contribution >= 0.6 is 0 Å². The average Bonchev–Trinajstić information content (AvgIpc) is 2.71. The second-order valence-corrected chi connectivity index (χ2v) is 6.88. The molecule has 29 heavy (non-hydrogen) atoms. The number of anilines is 1. The largest absolute Gasteiger partial charge is 0.497 e. The first-order valence-corrected chi connectivity index (χ1v) is 9.46. The van der Waals surface area contributed by atoms with Gasteiger partial charge in [0.05, 0.1) is 19.3 Å². The van der Waals surface area contributed by atoms with E-state index < -0.39 is 17.8 Å². The van der Waals surface area contributed by atoms with Gasteiger partial charge >= 0.3 is 6.03 Å². The normalized spacial score (nSPS) is 15.0. The first-order chi connectivity index (χ1) is 14.0. The smallest absolute Gasteiger partial charge is 0.326 e. The second-order valence-electron chi connectivity index (χ2n) is 6.88. The van der Waals surface area contributed by atoms with Crippen LogP contribution in [-0.4, -0.2) is 61.6 Å². The lowest BCUT2D eigenvalue weighted by Gasteiger charge is -2.34. The summed E-state index contributed by atoms with van der Waals surface area (Å²) < 4.78 is 18.7. The third-order valence-corrected chi connectivity index (χ3v) is 4.77. The Morgan fingerprint density at radius 3 is 2.31 bits per heavy atom. The number of carbonyl (C=O) groups is 2. The van der Waals surface area contributed by atoms with E-state index in [0.29, 0.717) is 0 Å². The highest BCUT2D eigenvalue weighted by Gasteiger charge is 2.20. The van der Waals surface area contributed by atoms with Crippen LogP contribution < -0.4 is 15.4 Å². The molecule has 2 N–H and O–H groups in total. The van der Waals surface area contributed by atoms with Gasteiger partial charge in [0, 0.05) is 32.7 Å². The number of halogens is 1. The Bertz CT molecular complexity index is 836. The molecule has 1 aliphatic rings. The van der Waals surface area contributed by atoms with Crippen LogP contribution in [0.25, 0.3) is 0 Å². The number of imide groups is 1. The Kier molecular flexibility index (Phi) is 7.15. The van der Waals surface area contributed by atoms with Crippen molar-refractivity contribution in [3.63, 3.8) is 0 Å². The van der Waals surface area contributed by atoms with Crippen LogP contribution in [0.1, 0.15) is 5.56 Å². The molecule has 0 aromatic heterocycles. The molecule has 1 aliphatic heterocycles. The maximum absolute atomic E-state index is 13.5. The highest BCUT2D eigenvalue weighted by Crippen LogP contribution is 2.14. The molecule has 0 saturated carbocycles. The lowest BCUT2D eigenvalue weighted by Crippen LogP contribution is -2.50. The van der Waals surface area contributed by atoms with Crippen LogP contribution in [0.15, 0.2) is 48.5 Å². The minimum absolute atomic E-state index is 0.0324. The number of rotatable bonds is 6. The number of nitrogens with zero attached hydrogens (tertiary/aromatic N) is 2. The first-order valence-electron chi connectivity index (χ1n) is 9.46. The van der Waals surface area contributed by atoms with E-state index in [1.807, 2.05) is 29.2 Å². The number of piperazine rings is 1. The highest BCUT2D eigenvalue weighted by molar-refractivity contribution is 6.01. The predicted octanol–water partition coefficient (Wildman–Crippen LogP) is 2.30. The number of nitrogens with one attached hydrogen (secondary N) is 2. The number of amides is 3. The second kappa shape index (κ2) is 9.99. The van der Waals surface area contributed by atoms with Crippen LogP contribution in [0.4, 0.5) is 14.9 Å². The van der Waals surface area contributed by atoms with Crippen molar-refractivity contribution in [1.29, 1.82) is 0 Å². The number of urea groups is 1. The molecule has 1 saturated heterocycles. The van der Waals surface area contributed by atoms with Crippen molar-refractivity contribution in [3.05, 3.63) is 59.9 Å². The molecule has 3 amide bonds. The van der Waals surface area contributed by atoms with Crippen molar-refractivity contribution in [2.75, 3.05) is 45.2 Å². The summed E-state index contributed by atoms with van der Waals surface area (Å²) in [6, 6.07) is 13.1. The van der Waals surface area contributed by atoms with E-state index in [1.165, 1.54) is 23.8 Å². The van der Waals surface area contributed by atoms with E-state index in [1.54, 1.807) is 13.2 Å². The highest BCUT2D eigenvalue weighted by atomic mass is 19.1. The minimum atomic E-state index is -0.738. The van der Waals surface area contributed by atoms with Crippen LogP contribution in [0.3, 0.4) is 0 Å². The van der Waals surface area contributed by atoms with Crippen LogP contribution in [0.2, 0.25) is 0 Å². The molecule has 1 fully saturated rings. The number of hydrogen-bond donors (Lipinski definition) is 2. The van der Waals surface area contributed by atoms with Gasteiger partial charge in [0.1, 0.15) is 11.6 Å². The summed E-state index contributed by atoms with van der Waals surface area (Å²) in [4.78, 5) is 28.3. The van der Waals surface area contributed by atoms with E-state index in [9.17, 15) is 14.0 Å². The molecule has 0 unspecified atom stereocenters. The third kappa shape index (κ3) is 6.27. The van der Waals surface area contributed by atoms with Crippen molar-refractivity contribution in [1.82, 2.24) is 15.1 Å². The molecular formula is C21H25FN4O3. The van der Waals surface area contributed by atoms with Crippen LogP contribution in [0, 0.1) is 5.82 Å². The zero-order valence-electron chi connectivity index (χ0n) is 16.4. The van der Waals surface area contributed by atoms with Gasteiger partial charge in [-0.15, -0.1) is 0 Å². The van der Waals surface area contributed by atoms with E-state index in [4.69, 9.17) is 4.74 Å². The molecule has 0 atom stereocenters. The molecule has 3 rings (SSSR count). The van der Waals surface area contributed by atoms with Gasteiger partial charge in [0.25, 0.3) is 0 Å². The summed E-state index contributed by atoms with van der Waals surface area (Å²) in [5.41, 5.74) is 1.24. The van der Waals surface area contributed by atoms with Crippen LogP contribution in [-0.2, 0) is 11.3 Å². The van der Waals surface area contributed by atoms with Gasteiger partial charge in [-0.2, -0.15) is 0 Å². The van der Waals surface area contributed by atoms with Crippen molar-refractivity contribution in [3.8, 4) is 5.75 Å². The van der Waals surface area contributed by atoms with Gasteiger partial charge in [-0.3, -0.25) is 19.9 Å². The molecule has 0 radical (unpaired) electrons. The van der Waals surface area contributed by atoms with Gasteiger partial charge in [-0.1, -0.05) is 24.3 Å². The van der Waals surface area contributed by atoms with Crippen LogP contribution in [0.5, 0.6) is 5.75 Å². The van der Waals surface area contributed by atoms with E-state index in [2.05, 4.69) is 15.5 Å². The van der Waals surface area contributed by atoms with E-state index in [0.717, 1.165) is 38.5 Å². The Morgan fingerprint density at radius 2 is 1.66 bits per heavy atom. The summed E-state index contributed by atoms with van der Waals surface area (Å²) in [6.45, 7) is 4.11. The Labute approximate surface area is 169 Å². The third-order valence-electron chi connectivity index (χ3n) is 4.77. The van der Waals surface area contributed by atoms with Gasteiger partial charge in [-0.05, 0) is 29.8 Å². The van der Waals surface area contributed by atoms with Crippen molar-refractivity contribution < 1.29 is 18.7 Å². The SMILES string of the molecule is COc1ccc(CN2CCN(CC(=O)NC(=O)Nc3ccccc3F)CC2)cc1. The van der Waals surface area contributed by atoms with Crippen molar-refractivity contribution in [2.24, 2.45) is 0 Å². The lowest BCUT2D eigenvalue weighted by atomic mass is 10.2. The molecule has 8 heteroatoms. The Morgan fingerprint density at radius 1 is 1.00 bits per heavy atom. The molecule has 0 aliphatic carbocycles. The van der Waals surface area contributed by atoms with Crippen molar-refractivity contribution in [2.45, 2.75) is 6.54 Å². The van der Waals surface area contributed by atoms with Gasteiger partial charge in [0.2, 0.25) is 5.91 Å². The summed E-state index contributed by atoms with van der Waals surface area (Å²) in [6.07, 6.45) is 0. The maximum atomic E-state index is 13.5. The maximum Gasteiger partial charge on any atom is 0.326 e. The topological polar surface area (TPSA) is 73.9 Å². The number of ether oxygens (including phenoxy) is 1. The predicted molar refractivity (Wildman–Crippen MR) is 108 cm³/mol. The zero-order chi connectivity index (χ0) is 20.6. The Hall–Kier alpha value is -2.97. The number of carbonyl (C=O) groups excluding carboxylic acids is 2. The van der Waals surface area contributed by atoms with Gasteiger partial charge in [-0.25, -0.2) is 9.18 Å². The summed E-state index contributed by atoms with van der Waals surface area (Å²) in [5.74, 6) is -0.130. The summed E-state index contributed by atoms with van der Waals surface area (Å²) >= 11 is 0. The molecule has 2 aromatic carbocycles. The minimum Gasteiger partial charge on any atom is -0.497 e. The summed E-state index contributed by atoms with van der Waals surface area (Å²) in [7, 11) is 1.65. The van der Waals surface area contributed by atoms with E-state index in [-0.39, 0.29) is 12.2 Å². The lowest BCUT2D eigenvalue weighted by molar-refractivity contribution is -0.121. The van der Waals surface area contributed by atoms with Crippen molar-refractivity contribution >= 4 is 17.6 Å². The molecule has 7 nitrogen and oxygen atoms in total. The fourth-order valence-electron chi connectivity index (χ4n) is 3.18. The zero-order valence-corrected chi connectivity index (χ0v) is 16.4. The first kappa shape index (κ1) is 20.8.